The van der Waals surface area contributed by atoms with Gasteiger partial charge in [0.2, 0.25) is 5.76 Å². The maximum atomic E-state index is 12.6. The molecule has 0 saturated heterocycles. The van der Waals surface area contributed by atoms with Gasteiger partial charge in [-0.25, -0.2) is 4.79 Å². The number of benzene rings is 1. The first kappa shape index (κ1) is 20.2. The second-order valence-electron chi connectivity index (χ2n) is 6.66. The largest absolute Gasteiger partial charge is 0.496 e. The zero-order valence-electron chi connectivity index (χ0n) is 16.4. The number of carbonyl (C=O) groups excluding carboxylic acids is 2. The Morgan fingerprint density at radius 2 is 1.93 bits per heavy atom. The molecular formula is C21H22N2O6. The van der Waals surface area contributed by atoms with Crippen LogP contribution in [0.5, 0.6) is 5.75 Å². The Kier molecular flexibility index (Phi) is 6.33. The van der Waals surface area contributed by atoms with Crippen LogP contribution in [0.2, 0.25) is 0 Å². The molecule has 3 aromatic rings. The third-order valence-electron chi connectivity index (χ3n) is 4.24. The van der Waals surface area contributed by atoms with E-state index in [1.807, 2.05) is 13.8 Å². The molecule has 2 heterocycles. The fourth-order valence-electron chi connectivity index (χ4n) is 2.70. The maximum Gasteiger partial charge on any atom is 0.329 e. The average molecular weight is 398 g/mol. The van der Waals surface area contributed by atoms with Crippen LogP contribution in [0.15, 0.2) is 57.7 Å². The number of carbonyl (C=O) groups is 2. The van der Waals surface area contributed by atoms with Crippen molar-refractivity contribution in [1.82, 2.24) is 10.5 Å². The van der Waals surface area contributed by atoms with Crippen LogP contribution in [0.3, 0.4) is 0 Å². The zero-order valence-corrected chi connectivity index (χ0v) is 16.4. The summed E-state index contributed by atoms with van der Waals surface area (Å²) in [5.74, 6) is 0.224. The van der Waals surface area contributed by atoms with Gasteiger partial charge in [0.05, 0.1) is 18.9 Å². The summed E-state index contributed by atoms with van der Waals surface area (Å²) in [5, 5.41) is 6.58. The normalized spacial score (nSPS) is 11.9. The molecule has 1 atom stereocenters. The quantitative estimate of drug-likeness (QED) is 0.580. The van der Waals surface area contributed by atoms with E-state index in [1.54, 1.807) is 42.5 Å². The number of rotatable bonds is 8. The van der Waals surface area contributed by atoms with Crippen molar-refractivity contribution in [3.05, 3.63) is 60.0 Å². The molecule has 0 radical (unpaired) electrons. The highest BCUT2D eigenvalue weighted by atomic mass is 16.5. The van der Waals surface area contributed by atoms with Crippen molar-refractivity contribution in [2.75, 3.05) is 7.11 Å². The van der Waals surface area contributed by atoms with Gasteiger partial charge in [0.25, 0.3) is 5.91 Å². The Labute approximate surface area is 167 Å². The molecule has 1 N–H and O–H groups in total. The van der Waals surface area contributed by atoms with E-state index in [1.165, 1.54) is 13.4 Å². The van der Waals surface area contributed by atoms with Crippen molar-refractivity contribution in [1.29, 1.82) is 0 Å². The molecule has 152 valence electrons. The first-order chi connectivity index (χ1) is 14.0. The molecule has 1 amide bonds. The van der Waals surface area contributed by atoms with E-state index in [-0.39, 0.29) is 12.5 Å². The van der Waals surface area contributed by atoms with Gasteiger partial charge in [-0.1, -0.05) is 31.1 Å². The number of aromatic nitrogens is 1. The summed E-state index contributed by atoms with van der Waals surface area (Å²) in [6, 6.07) is 11.1. The number of para-hydroxylation sites is 1. The second-order valence-corrected chi connectivity index (χ2v) is 6.66. The summed E-state index contributed by atoms with van der Waals surface area (Å²) in [6.07, 6.45) is 1.52. The number of nitrogens with zero attached hydrogens (tertiary/aromatic N) is 1. The van der Waals surface area contributed by atoms with Crippen LogP contribution < -0.4 is 10.1 Å². The molecule has 0 saturated carbocycles. The Hall–Kier alpha value is -3.55. The Morgan fingerprint density at radius 3 is 2.62 bits per heavy atom. The first-order valence-electron chi connectivity index (χ1n) is 9.09. The molecule has 3 rings (SSSR count). The fraction of sp³-hybridized carbons (Fsp3) is 0.286. The molecule has 2 aromatic heterocycles. The number of hydrogen-bond donors (Lipinski definition) is 1. The topological polar surface area (TPSA) is 104 Å². The summed E-state index contributed by atoms with van der Waals surface area (Å²) < 4.78 is 21.0. The smallest absolute Gasteiger partial charge is 0.329 e. The van der Waals surface area contributed by atoms with Gasteiger partial charge < -0.3 is 23.7 Å². The summed E-state index contributed by atoms with van der Waals surface area (Å²) in [6.45, 7) is 3.55. The molecule has 0 spiro atoms. The van der Waals surface area contributed by atoms with Crippen molar-refractivity contribution in [3.8, 4) is 17.3 Å². The Morgan fingerprint density at radius 1 is 1.14 bits per heavy atom. The van der Waals surface area contributed by atoms with E-state index in [4.69, 9.17) is 18.4 Å². The SMILES string of the molecule is COc1ccccc1C(=O)N[C@H](C(=O)OCc1cc(-c2ccco2)on1)C(C)C. The number of nitrogens with one attached hydrogen (secondary N) is 1. The fourth-order valence-corrected chi connectivity index (χ4v) is 2.70. The highest BCUT2D eigenvalue weighted by Gasteiger charge is 2.27. The minimum absolute atomic E-state index is 0.0865. The summed E-state index contributed by atoms with van der Waals surface area (Å²) in [7, 11) is 1.48. The van der Waals surface area contributed by atoms with Crippen LogP contribution in [-0.2, 0) is 16.1 Å². The Bertz CT molecular complexity index is 961. The van der Waals surface area contributed by atoms with Gasteiger partial charge in [-0.05, 0) is 30.2 Å². The lowest BCUT2D eigenvalue weighted by atomic mass is 10.0. The van der Waals surface area contributed by atoms with Crippen molar-refractivity contribution in [2.45, 2.75) is 26.5 Å². The van der Waals surface area contributed by atoms with Gasteiger partial charge in [0.15, 0.2) is 5.76 Å². The van der Waals surface area contributed by atoms with Crippen LogP contribution in [0.25, 0.3) is 11.5 Å². The van der Waals surface area contributed by atoms with Gasteiger partial charge >= 0.3 is 5.97 Å². The third kappa shape index (κ3) is 4.84. The van der Waals surface area contributed by atoms with E-state index in [2.05, 4.69) is 10.5 Å². The number of esters is 1. The molecule has 0 aliphatic carbocycles. The highest BCUT2D eigenvalue weighted by molar-refractivity contribution is 5.99. The average Bonchev–Trinajstić information content (AvgIpc) is 3.41. The van der Waals surface area contributed by atoms with Crippen LogP contribution in [0.1, 0.15) is 29.9 Å². The molecule has 0 bridgehead atoms. The van der Waals surface area contributed by atoms with Crippen LogP contribution in [0, 0.1) is 5.92 Å². The second kappa shape index (κ2) is 9.09. The van der Waals surface area contributed by atoms with Gasteiger partial charge in [-0.2, -0.15) is 0 Å². The number of methoxy groups -OCH3 is 1. The third-order valence-corrected chi connectivity index (χ3v) is 4.24. The predicted octanol–water partition coefficient (Wildman–Crippen LogP) is 3.44. The number of furan rings is 1. The summed E-state index contributed by atoms with van der Waals surface area (Å²) in [5.41, 5.74) is 0.774. The van der Waals surface area contributed by atoms with Crippen molar-refractivity contribution in [3.63, 3.8) is 0 Å². The minimum atomic E-state index is -0.830. The lowest BCUT2D eigenvalue weighted by Crippen LogP contribution is -2.45. The Balaban J connectivity index is 1.63. The van der Waals surface area contributed by atoms with Gasteiger partial charge in [-0.3, -0.25) is 4.79 Å². The molecule has 0 fully saturated rings. The van der Waals surface area contributed by atoms with E-state index < -0.39 is 17.9 Å². The minimum Gasteiger partial charge on any atom is -0.496 e. The molecule has 29 heavy (non-hydrogen) atoms. The molecule has 1 aromatic carbocycles. The number of hydrogen-bond acceptors (Lipinski definition) is 7. The molecule has 0 unspecified atom stereocenters. The van der Waals surface area contributed by atoms with Gasteiger partial charge in [-0.15, -0.1) is 0 Å². The molecule has 0 aliphatic heterocycles. The number of amides is 1. The zero-order chi connectivity index (χ0) is 20.8. The van der Waals surface area contributed by atoms with E-state index in [9.17, 15) is 9.59 Å². The van der Waals surface area contributed by atoms with Crippen molar-refractivity contribution >= 4 is 11.9 Å². The monoisotopic (exact) mass is 398 g/mol. The van der Waals surface area contributed by atoms with Crippen LogP contribution in [-0.4, -0.2) is 30.2 Å². The van der Waals surface area contributed by atoms with Crippen molar-refractivity contribution < 1.29 is 28.0 Å². The van der Waals surface area contributed by atoms with Crippen molar-refractivity contribution in [2.24, 2.45) is 5.92 Å². The van der Waals surface area contributed by atoms with Crippen LogP contribution in [0.4, 0.5) is 0 Å². The van der Waals surface area contributed by atoms with E-state index >= 15 is 0 Å². The predicted molar refractivity (Wildman–Crippen MR) is 103 cm³/mol. The standard InChI is InChI=1S/C21H22N2O6/c1-13(2)19(22-20(24)15-7-4-5-8-16(15)26-3)21(25)28-12-14-11-18(29-23-14)17-9-6-10-27-17/h4-11,13,19H,12H2,1-3H3,(H,22,24)/t19-/m0/s1. The summed E-state index contributed by atoms with van der Waals surface area (Å²) in [4.78, 5) is 25.2. The molecular weight excluding hydrogens is 376 g/mol. The van der Waals surface area contributed by atoms with Gasteiger partial charge in [0.1, 0.15) is 24.1 Å². The van der Waals surface area contributed by atoms with Crippen LogP contribution >= 0.6 is 0 Å². The van der Waals surface area contributed by atoms with E-state index in [0.29, 0.717) is 28.5 Å². The first-order valence-corrected chi connectivity index (χ1v) is 9.09. The molecule has 8 nitrogen and oxygen atoms in total. The maximum absolute atomic E-state index is 12.6. The highest BCUT2D eigenvalue weighted by Crippen LogP contribution is 2.21. The lowest BCUT2D eigenvalue weighted by molar-refractivity contribution is -0.148. The summed E-state index contributed by atoms with van der Waals surface area (Å²) >= 11 is 0. The van der Waals surface area contributed by atoms with Gasteiger partial charge in [0, 0.05) is 6.07 Å². The number of ether oxygens (including phenoxy) is 2. The molecule has 0 aliphatic rings. The lowest BCUT2D eigenvalue weighted by Gasteiger charge is -2.21. The molecule has 8 heteroatoms. The van der Waals surface area contributed by atoms with E-state index in [0.717, 1.165) is 0 Å².